The molecule has 3 rings (SSSR count). The number of benzene rings is 2. The topological polar surface area (TPSA) is 37.8 Å². The van der Waals surface area contributed by atoms with Gasteiger partial charge in [-0.25, -0.2) is 9.97 Å². The maximum atomic E-state index is 4.40. The van der Waals surface area contributed by atoms with Crippen molar-refractivity contribution in [2.45, 2.75) is 26.7 Å². The largest absolute Gasteiger partial charge is 0.340 e. The van der Waals surface area contributed by atoms with Gasteiger partial charge in [0.1, 0.15) is 12.1 Å². The van der Waals surface area contributed by atoms with E-state index in [0.717, 1.165) is 22.4 Å². The SMILES string of the molecule is Cc1ccc2ncnc(Nc3cccc(C(C)C)c3)c2c1. The van der Waals surface area contributed by atoms with Gasteiger partial charge in [-0.15, -0.1) is 0 Å². The molecule has 0 amide bonds. The zero-order valence-corrected chi connectivity index (χ0v) is 12.6. The Morgan fingerprint density at radius 3 is 2.67 bits per heavy atom. The van der Waals surface area contributed by atoms with Crippen LogP contribution in [0.2, 0.25) is 0 Å². The van der Waals surface area contributed by atoms with E-state index in [1.165, 1.54) is 11.1 Å². The summed E-state index contributed by atoms with van der Waals surface area (Å²) in [6.45, 7) is 6.47. The first-order valence-corrected chi connectivity index (χ1v) is 7.22. The molecule has 1 heterocycles. The lowest BCUT2D eigenvalue weighted by atomic mass is 10.0. The van der Waals surface area contributed by atoms with Crippen molar-refractivity contribution in [3.05, 3.63) is 59.9 Å². The van der Waals surface area contributed by atoms with Crippen LogP contribution in [-0.4, -0.2) is 9.97 Å². The monoisotopic (exact) mass is 277 g/mol. The van der Waals surface area contributed by atoms with E-state index in [1.54, 1.807) is 6.33 Å². The molecule has 0 fully saturated rings. The highest BCUT2D eigenvalue weighted by atomic mass is 15.0. The molecule has 0 saturated carbocycles. The fraction of sp³-hybridized carbons (Fsp3) is 0.222. The molecular formula is C18H19N3. The Labute approximate surface area is 125 Å². The van der Waals surface area contributed by atoms with Gasteiger partial charge in [0.2, 0.25) is 0 Å². The van der Waals surface area contributed by atoms with Gasteiger partial charge in [0.05, 0.1) is 5.52 Å². The summed E-state index contributed by atoms with van der Waals surface area (Å²) in [5.74, 6) is 1.36. The van der Waals surface area contributed by atoms with Crippen molar-refractivity contribution in [1.29, 1.82) is 0 Å². The molecule has 3 heteroatoms. The number of hydrogen-bond acceptors (Lipinski definition) is 3. The molecule has 0 saturated heterocycles. The van der Waals surface area contributed by atoms with Gasteiger partial charge in [-0.05, 0) is 42.7 Å². The number of fused-ring (bicyclic) bond motifs is 1. The first-order valence-electron chi connectivity index (χ1n) is 7.22. The zero-order valence-electron chi connectivity index (χ0n) is 12.6. The smallest absolute Gasteiger partial charge is 0.141 e. The first-order chi connectivity index (χ1) is 10.1. The molecular weight excluding hydrogens is 258 g/mol. The number of anilines is 2. The summed E-state index contributed by atoms with van der Waals surface area (Å²) in [6, 6.07) is 14.7. The van der Waals surface area contributed by atoms with Gasteiger partial charge < -0.3 is 5.32 Å². The van der Waals surface area contributed by atoms with E-state index in [9.17, 15) is 0 Å². The number of nitrogens with one attached hydrogen (secondary N) is 1. The highest BCUT2D eigenvalue weighted by molar-refractivity contribution is 5.91. The van der Waals surface area contributed by atoms with Gasteiger partial charge in [-0.3, -0.25) is 0 Å². The summed E-state index contributed by atoms with van der Waals surface area (Å²) in [4.78, 5) is 8.71. The minimum atomic E-state index is 0.510. The Kier molecular flexibility index (Phi) is 3.57. The molecule has 0 bridgehead atoms. The minimum Gasteiger partial charge on any atom is -0.340 e. The van der Waals surface area contributed by atoms with Crippen LogP contribution in [0, 0.1) is 6.92 Å². The molecule has 1 N–H and O–H groups in total. The van der Waals surface area contributed by atoms with Gasteiger partial charge in [0.25, 0.3) is 0 Å². The van der Waals surface area contributed by atoms with Gasteiger partial charge in [0.15, 0.2) is 0 Å². The van der Waals surface area contributed by atoms with E-state index in [1.807, 2.05) is 6.07 Å². The van der Waals surface area contributed by atoms with Gasteiger partial charge in [-0.2, -0.15) is 0 Å². The van der Waals surface area contributed by atoms with E-state index in [0.29, 0.717) is 5.92 Å². The van der Waals surface area contributed by atoms with Crippen LogP contribution in [0.1, 0.15) is 30.9 Å². The lowest BCUT2D eigenvalue weighted by molar-refractivity contribution is 0.867. The molecule has 0 aliphatic carbocycles. The van der Waals surface area contributed by atoms with Crippen molar-refractivity contribution in [2.24, 2.45) is 0 Å². The Bertz CT molecular complexity index is 778. The number of nitrogens with zero attached hydrogens (tertiary/aromatic N) is 2. The summed E-state index contributed by atoms with van der Waals surface area (Å²) in [7, 11) is 0. The fourth-order valence-electron chi connectivity index (χ4n) is 2.38. The maximum Gasteiger partial charge on any atom is 0.141 e. The van der Waals surface area contributed by atoms with Crippen molar-refractivity contribution < 1.29 is 0 Å². The average molecular weight is 277 g/mol. The van der Waals surface area contributed by atoms with Crippen LogP contribution in [0.5, 0.6) is 0 Å². The van der Waals surface area contributed by atoms with Crippen LogP contribution in [0.25, 0.3) is 10.9 Å². The van der Waals surface area contributed by atoms with Crippen molar-refractivity contribution in [3.63, 3.8) is 0 Å². The third-order valence-electron chi connectivity index (χ3n) is 3.61. The zero-order chi connectivity index (χ0) is 14.8. The van der Waals surface area contributed by atoms with E-state index in [-0.39, 0.29) is 0 Å². The predicted octanol–water partition coefficient (Wildman–Crippen LogP) is 4.81. The van der Waals surface area contributed by atoms with Crippen molar-refractivity contribution >= 4 is 22.4 Å². The Morgan fingerprint density at radius 1 is 1.00 bits per heavy atom. The second kappa shape index (κ2) is 5.52. The molecule has 0 spiro atoms. The van der Waals surface area contributed by atoms with Crippen LogP contribution < -0.4 is 5.32 Å². The summed E-state index contributed by atoms with van der Waals surface area (Å²) >= 11 is 0. The minimum absolute atomic E-state index is 0.510. The highest BCUT2D eigenvalue weighted by Crippen LogP contribution is 2.25. The molecule has 3 nitrogen and oxygen atoms in total. The van der Waals surface area contributed by atoms with Crippen LogP contribution >= 0.6 is 0 Å². The quantitative estimate of drug-likeness (QED) is 0.747. The molecule has 3 aromatic rings. The summed E-state index contributed by atoms with van der Waals surface area (Å²) in [6.07, 6.45) is 1.60. The number of aromatic nitrogens is 2. The fourth-order valence-corrected chi connectivity index (χ4v) is 2.38. The molecule has 0 unspecified atom stereocenters. The standard InChI is InChI=1S/C18H19N3/c1-12(2)14-5-4-6-15(10-14)21-18-16-9-13(3)7-8-17(16)19-11-20-18/h4-12H,1-3H3,(H,19,20,21). The van der Waals surface area contributed by atoms with Crippen LogP contribution in [-0.2, 0) is 0 Å². The highest BCUT2D eigenvalue weighted by Gasteiger charge is 2.06. The third-order valence-corrected chi connectivity index (χ3v) is 3.61. The molecule has 21 heavy (non-hydrogen) atoms. The summed E-state index contributed by atoms with van der Waals surface area (Å²) in [5, 5.41) is 4.47. The van der Waals surface area contributed by atoms with Crippen LogP contribution in [0.4, 0.5) is 11.5 Å². The molecule has 1 aromatic heterocycles. The molecule has 106 valence electrons. The number of aryl methyl sites for hydroxylation is 1. The summed E-state index contributed by atoms with van der Waals surface area (Å²) in [5.41, 5.74) is 4.53. The first kappa shape index (κ1) is 13.6. The maximum absolute atomic E-state index is 4.40. The molecule has 0 atom stereocenters. The van der Waals surface area contributed by atoms with Crippen molar-refractivity contribution in [2.75, 3.05) is 5.32 Å². The Hall–Kier alpha value is -2.42. The average Bonchev–Trinajstić information content (AvgIpc) is 2.48. The Morgan fingerprint density at radius 2 is 1.86 bits per heavy atom. The summed E-state index contributed by atoms with van der Waals surface area (Å²) < 4.78 is 0. The van der Waals surface area contributed by atoms with E-state index < -0.39 is 0 Å². The van der Waals surface area contributed by atoms with Gasteiger partial charge >= 0.3 is 0 Å². The van der Waals surface area contributed by atoms with Gasteiger partial charge in [0, 0.05) is 11.1 Å². The lowest BCUT2D eigenvalue weighted by Gasteiger charge is -2.11. The van der Waals surface area contributed by atoms with E-state index in [4.69, 9.17) is 0 Å². The molecule has 0 aliphatic rings. The third kappa shape index (κ3) is 2.87. The Balaban J connectivity index is 2.02. The van der Waals surface area contributed by atoms with Crippen molar-refractivity contribution in [1.82, 2.24) is 9.97 Å². The normalized spacial score (nSPS) is 11.0. The van der Waals surface area contributed by atoms with Crippen LogP contribution in [0.3, 0.4) is 0 Å². The molecule has 0 radical (unpaired) electrons. The second-order valence-corrected chi connectivity index (χ2v) is 5.65. The lowest BCUT2D eigenvalue weighted by Crippen LogP contribution is -1.97. The van der Waals surface area contributed by atoms with Crippen molar-refractivity contribution in [3.8, 4) is 0 Å². The van der Waals surface area contributed by atoms with Crippen LogP contribution in [0.15, 0.2) is 48.8 Å². The van der Waals surface area contributed by atoms with E-state index >= 15 is 0 Å². The number of rotatable bonds is 3. The molecule has 0 aliphatic heterocycles. The second-order valence-electron chi connectivity index (χ2n) is 5.65. The van der Waals surface area contributed by atoms with Gasteiger partial charge in [-0.1, -0.05) is 37.6 Å². The molecule has 2 aromatic carbocycles. The van der Waals surface area contributed by atoms with E-state index in [2.05, 4.69) is 72.5 Å². The number of hydrogen-bond donors (Lipinski definition) is 1. The predicted molar refractivity (Wildman–Crippen MR) is 88.1 cm³/mol.